The first-order valence-corrected chi connectivity index (χ1v) is 5.12. The fourth-order valence-corrected chi connectivity index (χ4v) is 2.24. The van der Waals surface area contributed by atoms with E-state index in [-0.39, 0.29) is 0 Å². The predicted octanol–water partition coefficient (Wildman–Crippen LogP) is 2.27. The molecule has 0 radical (unpaired) electrons. The van der Waals surface area contributed by atoms with Gasteiger partial charge in [0.15, 0.2) is 0 Å². The van der Waals surface area contributed by atoms with Crippen LogP contribution in [-0.4, -0.2) is 24.0 Å². The summed E-state index contributed by atoms with van der Waals surface area (Å²) < 4.78 is 0. The number of rotatable bonds is 1. The van der Waals surface area contributed by atoms with E-state index < -0.39 is 0 Å². The zero-order valence-electron chi connectivity index (χ0n) is 7.55. The van der Waals surface area contributed by atoms with Crippen LogP contribution in [0.2, 0.25) is 0 Å². The van der Waals surface area contributed by atoms with Crippen molar-refractivity contribution in [2.75, 3.05) is 13.1 Å². The highest BCUT2D eigenvalue weighted by atomic mass is 15.2. The van der Waals surface area contributed by atoms with E-state index in [1.54, 1.807) is 0 Å². The summed E-state index contributed by atoms with van der Waals surface area (Å²) >= 11 is 0. The molecule has 11 heavy (non-hydrogen) atoms. The molecule has 2 aliphatic rings. The van der Waals surface area contributed by atoms with Gasteiger partial charge in [0.2, 0.25) is 0 Å². The standard InChI is InChI=1S/C10H19N/c1-9-8-10(9)11-6-4-2-3-5-7-11/h9-10H,2-8H2,1H3. The summed E-state index contributed by atoms with van der Waals surface area (Å²) in [6.45, 7) is 5.15. The van der Waals surface area contributed by atoms with Crippen LogP contribution in [0.4, 0.5) is 0 Å². The summed E-state index contributed by atoms with van der Waals surface area (Å²) in [6, 6.07) is 0.980. The van der Waals surface area contributed by atoms with Gasteiger partial charge in [-0.2, -0.15) is 0 Å². The van der Waals surface area contributed by atoms with E-state index >= 15 is 0 Å². The zero-order chi connectivity index (χ0) is 7.68. The van der Waals surface area contributed by atoms with E-state index in [9.17, 15) is 0 Å². The molecule has 1 aliphatic heterocycles. The van der Waals surface area contributed by atoms with Crippen molar-refractivity contribution in [1.82, 2.24) is 4.90 Å². The Morgan fingerprint density at radius 3 is 2.00 bits per heavy atom. The van der Waals surface area contributed by atoms with Crippen LogP contribution < -0.4 is 0 Å². The van der Waals surface area contributed by atoms with Gasteiger partial charge >= 0.3 is 0 Å². The van der Waals surface area contributed by atoms with Crippen LogP contribution in [0.15, 0.2) is 0 Å². The molecular formula is C10H19N. The van der Waals surface area contributed by atoms with Gasteiger partial charge in [-0.3, -0.25) is 0 Å². The first-order valence-electron chi connectivity index (χ1n) is 5.12. The first kappa shape index (κ1) is 7.60. The van der Waals surface area contributed by atoms with Crippen molar-refractivity contribution in [3.8, 4) is 0 Å². The van der Waals surface area contributed by atoms with Crippen LogP contribution in [-0.2, 0) is 0 Å². The monoisotopic (exact) mass is 153 g/mol. The largest absolute Gasteiger partial charge is 0.300 e. The highest BCUT2D eigenvalue weighted by Gasteiger charge is 2.37. The van der Waals surface area contributed by atoms with E-state index in [1.807, 2.05) is 0 Å². The second kappa shape index (κ2) is 3.14. The second-order valence-electron chi connectivity index (χ2n) is 4.23. The van der Waals surface area contributed by atoms with E-state index in [1.165, 1.54) is 45.2 Å². The molecule has 1 heteroatoms. The van der Waals surface area contributed by atoms with Gasteiger partial charge in [0.25, 0.3) is 0 Å². The molecular weight excluding hydrogens is 134 g/mol. The van der Waals surface area contributed by atoms with Gasteiger partial charge in [0.05, 0.1) is 0 Å². The van der Waals surface area contributed by atoms with Gasteiger partial charge < -0.3 is 4.90 Å². The fourth-order valence-electron chi connectivity index (χ4n) is 2.24. The van der Waals surface area contributed by atoms with Gasteiger partial charge in [-0.1, -0.05) is 19.8 Å². The Morgan fingerprint density at radius 1 is 1.00 bits per heavy atom. The van der Waals surface area contributed by atoms with Gasteiger partial charge in [0, 0.05) is 6.04 Å². The van der Waals surface area contributed by atoms with Crippen molar-refractivity contribution in [2.45, 2.75) is 45.1 Å². The topological polar surface area (TPSA) is 3.24 Å². The summed E-state index contributed by atoms with van der Waals surface area (Å²) in [6.07, 6.45) is 7.31. The molecule has 0 N–H and O–H groups in total. The number of hydrogen-bond acceptors (Lipinski definition) is 1. The molecule has 1 saturated heterocycles. The molecule has 0 amide bonds. The zero-order valence-corrected chi connectivity index (χ0v) is 7.55. The summed E-state index contributed by atoms with van der Waals surface area (Å²) in [7, 11) is 0. The minimum atomic E-state index is 0.980. The van der Waals surface area contributed by atoms with Crippen molar-refractivity contribution in [3.05, 3.63) is 0 Å². The molecule has 0 aromatic heterocycles. The molecule has 2 rings (SSSR count). The molecule has 1 nitrogen and oxygen atoms in total. The Morgan fingerprint density at radius 2 is 1.55 bits per heavy atom. The quantitative estimate of drug-likeness (QED) is 0.558. The number of nitrogens with zero attached hydrogens (tertiary/aromatic N) is 1. The van der Waals surface area contributed by atoms with Gasteiger partial charge in [-0.25, -0.2) is 0 Å². The third kappa shape index (κ3) is 1.76. The van der Waals surface area contributed by atoms with Crippen molar-refractivity contribution >= 4 is 0 Å². The molecule has 0 bridgehead atoms. The molecule has 2 fully saturated rings. The lowest BCUT2D eigenvalue weighted by Gasteiger charge is -2.19. The highest BCUT2D eigenvalue weighted by molar-refractivity contribution is 4.92. The normalized spacial score (nSPS) is 40.1. The van der Waals surface area contributed by atoms with Gasteiger partial charge in [0.1, 0.15) is 0 Å². The lowest BCUT2D eigenvalue weighted by Crippen LogP contribution is -2.27. The number of hydrogen-bond donors (Lipinski definition) is 0. The van der Waals surface area contributed by atoms with Gasteiger partial charge in [-0.05, 0) is 38.3 Å². The molecule has 2 atom stereocenters. The fraction of sp³-hybridized carbons (Fsp3) is 1.00. The van der Waals surface area contributed by atoms with Crippen LogP contribution in [0.25, 0.3) is 0 Å². The average Bonchev–Trinajstić information content (AvgIpc) is 2.71. The van der Waals surface area contributed by atoms with Crippen LogP contribution >= 0.6 is 0 Å². The third-order valence-electron chi connectivity index (χ3n) is 3.18. The van der Waals surface area contributed by atoms with Gasteiger partial charge in [-0.15, -0.1) is 0 Å². The summed E-state index contributed by atoms with van der Waals surface area (Å²) in [5.41, 5.74) is 0. The summed E-state index contributed by atoms with van der Waals surface area (Å²) in [5, 5.41) is 0. The lowest BCUT2D eigenvalue weighted by atomic mass is 10.2. The van der Waals surface area contributed by atoms with Crippen LogP contribution in [0, 0.1) is 5.92 Å². The third-order valence-corrected chi connectivity index (χ3v) is 3.18. The molecule has 1 aliphatic carbocycles. The Bertz CT molecular complexity index is 125. The van der Waals surface area contributed by atoms with Crippen molar-refractivity contribution < 1.29 is 0 Å². The Balaban J connectivity index is 1.82. The van der Waals surface area contributed by atoms with Crippen molar-refractivity contribution in [1.29, 1.82) is 0 Å². The van der Waals surface area contributed by atoms with E-state index in [2.05, 4.69) is 11.8 Å². The van der Waals surface area contributed by atoms with Crippen LogP contribution in [0.3, 0.4) is 0 Å². The maximum Gasteiger partial charge on any atom is 0.0125 e. The van der Waals surface area contributed by atoms with Crippen molar-refractivity contribution in [2.24, 2.45) is 5.92 Å². The molecule has 64 valence electrons. The SMILES string of the molecule is CC1CC1N1CCCCCC1. The minimum Gasteiger partial charge on any atom is -0.300 e. The first-order chi connectivity index (χ1) is 5.38. The summed E-state index contributed by atoms with van der Waals surface area (Å²) in [4.78, 5) is 2.72. The predicted molar refractivity (Wildman–Crippen MR) is 47.6 cm³/mol. The molecule has 0 aromatic carbocycles. The molecule has 0 aromatic rings. The highest BCUT2D eigenvalue weighted by Crippen LogP contribution is 2.35. The molecule has 0 spiro atoms. The lowest BCUT2D eigenvalue weighted by molar-refractivity contribution is 0.264. The van der Waals surface area contributed by atoms with Crippen LogP contribution in [0.1, 0.15) is 39.0 Å². The Kier molecular flexibility index (Phi) is 2.17. The average molecular weight is 153 g/mol. The smallest absolute Gasteiger partial charge is 0.0125 e. The Labute approximate surface area is 69.8 Å². The van der Waals surface area contributed by atoms with E-state index in [4.69, 9.17) is 0 Å². The molecule has 1 saturated carbocycles. The maximum absolute atomic E-state index is 2.72. The van der Waals surface area contributed by atoms with E-state index in [0.717, 1.165) is 12.0 Å². The Hall–Kier alpha value is -0.0400. The van der Waals surface area contributed by atoms with Crippen LogP contribution in [0.5, 0.6) is 0 Å². The number of likely N-dealkylation sites (tertiary alicyclic amines) is 1. The minimum absolute atomic E-state index is 0.980. The summed E-state index contributed by atoms with van der Waals surface area (Å²) in [5.74, 6) is 1.01. The maximum atomic E-state index is 2.72. The second-order valence-corrected chi connectivity index (χ2v) is 4.23. The molecule has 2 unspecified atom stereocenters. The van der Waals surface area contributed by atoms with E-state index in [0.29, 0.717) is 0 Å². The van der Waals surface area contributed by atoms with Crippen molar-refractivity contribution in [3.63, 3.8) is 0 Å². The molecule has 1 heterocycles.